The van der Waals surface area contributed by atoms with Crippen molar-refractivity contribution in [2.24, 2.45) is 0 Å². The molecule has 0 N–H and O–H groups in total. The summed E-state index contributed by atoms with van der Waals surface area (Å²) in [6, 6.07) is 6.66. The summed E-state index contributed by atoms with van der Waals surface area (Å²) in [6.45, 7) is 5.37. The average Bonchev–Trinajstić information content (AvgIpc) is 3.27. The number of hydrogen-bond donors (Lipinski definition) is 0. The highest BCUT2D eigenvalue weighted by atomic mass is 19.1. The number of fused-ring (bicyclic) bond motifs is 1. The number of aryl methyl sites for hydroxylation is 1. The summed E-state index contributed by atoms with van der Waals surface area (Å²) in [4.78, 5) is 31.8. The topological polar surface area (TPSA) is 82.9 Å². The van der Waals surface area contributed by atoms with Gasteiger partial charge in [0.25, 0.3) is 0 Å². The van der Waals surface area contributed by atoms with Crippen LogP contribution in [0.4, 0.5) is 10.1 Å². The van der Waals surface area contributed by atoms with Crippen molar-refractivity contribution in [3.8, 4) is 5.88 Å². The number of ether oxygens (including phenoxy) is 3. The van der Waals surface area contributed by atoms with E-state index < -0.39 is 17.2 Å². The van der Waals surface area contributed by atoms with Crippen LogP contribution in [0.5, 0.6) is 5.88 Å². The van der Waals surface area contributed by atoms with Crippen molar-refractivity contribution >= 4 is 22.6 Å². The first kappa shape index (κ1) is 23.3. The van der Waals surface area contributed by atoms with E-state index in [1.807, 2.05) is 24.0 Å². The monoisotopic (exact) mass is 481 g/mol. The molecule has 35 heavy (non-hydrogen) atoms. The van der Waals surface area contributed by atoms with E-state index >= 15 is 4.39 Å². The fourth-order valence-corrected chi connectivity index (χ4v) is 4.74. The Labute approximate surface area is 202 Å². The maximum absolute atomic E-state index is 15.5. The Morgan fingerprint density at radius 3 is 2.86 bits per heavy atom. The Bertz CT molecular complexity index is 1320. The summed E-state index contributed by atoms with van der Waals surface area (Å²) in [5.74, 6) is -0.670. The molecule has 2 aromatic heterocycles. The molecular weight excluding hydrogens is 453 g/mol. The molecule has 5 rings (SSSR count). The molecule has 0 aliphatic carbocycles. The van der Waals surface area contributed by atoms with Gasteiger partial charge in [0.05, 0.1) is 30.5 Å². The molecule has 0 saturated carbocycles. The molecule has 4 heterocycles. The Morgan fingerprint density at radius 2 is 2.14 bits per heavy atom. The second-order valence-electron chi connectivity index (χ2n) is 8.86. The van der Waals surface area contributed by atoms with Crippen LogP contribution >= 0.6 is 0 Å². The maximum Gasteiger partial charge on any atom is 0.343 e. The van der Waals surface area contributed by atoms with E-state index in [4.69, 9.17) is 14.2 Å². The number of halogens is 1. The first-order valence-corrected chi connectivity index (χ1v) is 12.0. The molecule has 2 aliphatic rings. The number of nitrogens with zero attached hydrogens (tertiary/aromatic N) is 3. The van der Waals surface area contributed by atoms with Gasteiger partial charge in [0.1, 0.15) is 24.2 Å². The zero-order chi connectivity index (χ0) is 24.5. The molecule has 1 unspecified atom stereocenters. The molecule has 0 radical (unpaired) electrons. The van der Waals surface area contributed by atoms with Crippen molar-refractivity contribution < 1.29 is 23.4 Å². The normalized spacial score (nSPS) is 19.6. The van der Waals surface area contributed by atoms with Gasteiger partial charge in [-0.2, -0.15) is 0 Å². The first-order valence-electron chi connectivity index (χ1n) is 12.0. The lowest BCUT2D eigenvalue weighted by Gasteiger charge is -2.32. The van der Waals surface area contributed by atoms with E-state index in [2.05, 4.69) is 4.98 Å². The van der Waals surface area contributed by atoms with Crippen LogP contribution in [0.15, 0.2) is 41.5 Å². The fraction of sp³-hybridized carbons (Fsp3) is 0.423. The molecule has 2 aliphatic heterocycles. The highest BCUT2D eigenvalue weighted by Gasteiger charge is 2.30. The van der Waals surface area contributed by atoms with Crippen LogP contribution < -0.4 is 15.1 Å². The van der Waals surface area contributed by atoms with Gasteiger partial charge in [-0.3, -0.25) is 4.79 Å². The van der Waals surface area contributed by atoms with Crippen LogP contribution in [0.25, 0.3) is 10.9 Å². The van der Waals surface area contributed by atoms with Gasteiger partial charge >= 0.3 is 5.97 Å². The van der Waals surface area contributed by atoms with Crippen LogP contribution in [0.3, 0.4) is 0 Å². The third kappa shape index (κ3) is 4.36. The molecule has 2 fully saturated rings. The van der Waals surface area contributed by atoms with Gasteiger partial charge in [-0.05, 0) is 44.9 Å². The van der Waals surface area contributed by atoms with Gasteiger partial charge in [-0.1, -0.05) is 6.07 Å². The Hall–Kier alpha value is -3.46. The summed E-state index contributed by atoms with van der Waals surface area (Å²) in [5, 5.41) is 0.128. The van der Waals surface area contributed by atoms with E-state index in [9.17, 15) is 9.59 Å². The summed E-state index contributed by atoms with van der Waals surface area (Å²) >= 11 is 0. The number of esters is 1. The molecule has 8 nitrogen and oxygen atoms in total. The lowest BCUT2D eigenvalue weighted by atomic mass is 10.1. The predicted octanol–water partition coefficient (Wildman–Crippen LogP) is 3.99. The smallest absolute Gasteiger partial charge is 0.343 e. The third-order valence-corrected chi connectivity index (χ3v) is 6.64. The Kier molecular flexibility index (Phi) is 6.42. The third-order valence-electron chi connectivity index (χ3n) is 6.64. The van der Waals surface area contributed by atoms with E-state index in [0.29, 0.717) is 36.8 Å². The van der Waals surface area contributed by atoms with Gasteiger partial charge in [-0.25, -0.2) is 14.2 Å². The van der Waals surface area contributed by atoms with E-state index in [1.54, 1.807) is 23.8 Å². The van der Waals surface area contributed by atoms with Gasteiger partial charge < -0.3 is 23.7 Å². The van der Waals surface area contributed by atoms with Crippen LogP contribution in [0.1, 0.15) is 48.3 Å². The molecule has 9 heteroatoms. The molecule has 2 saturated heterocycles. The second kappa shape index (κ2) is 9.65. The Morgan fingerprint density at radius 1 is 1.31 bits per heavy atom. The summed E-state index contributed by atoms with van der Waals surface area (Å²) in [5.41, 5.74) is 1.19. The summed E-state index contributed by atoms with van der Waals surface area (Å²) in [7, 11) is 0. The minimum atomic E-state index is -0.724. The average molecular weight is 482 g/mol. The number of carbonyl (C=O) groups excluding carboxylic acids is 1. The van der Waals surface area contributed by atoms with Crippen LogP contribution in [0, 0.1) is 12.7 Å². The number of carbonyl (C=O) groups is 1. The molecule has 0 bridgehead atoms. The van der Waals surface area contributed by atoms with Gasteiger partial charge in [0.15, 0.2) is 0 Å². The quantitative estimate of drug-likeness (QED) is 0.472. The summed E-state index contributed by atoms with van der Waals surface area (Å²) < 4.78 is 33.9. The molecule has 184 valence electrons. The molecule has 0 amide bonds. The zero-order valence-electron chi connectivity index (χ0n) is 19.8. The van der Waals surface area contributed by atoms with E-state index in [-0.39, 0.29) is 29.8 Å². The SMILES string of the molecule is CCOC(=O)c1cn(C2CCO2)c2cc(N3CCC[C@@H]3COc3ncccc3C)c(F)cc2c1=O. The van der Waals surface area contributed by atoms with Crippen molar-refractivity contribution in [2.45, 2.75) is 45.4 Å². The van der Waals surface area contributed by atoms with Crippen LogP contribution in [-0.2, 0) is 9.47 Å². The van der Waals surface area contributed by atoms with Crippen LogP contribution in [-0.4, -0.2) is 47.9 Å². The lowest BCUT2D eigenvalue weighted by Crippen LogP contribution is -2.35. The van der Waals surface area contributed by atoms with E-state index in [0.717, 1.165) is 24.8 Å². The predicted molar refractivity (Wildman–Crippen MR) is 129 cm³/mol. The highest BCUT2D eigenvalue weighted by molar-refractivity contribution is 5.94. The zero-order valence-corrected chi connectivity index (χ0v) is 19.8. The van der Waals surface area contributed by atoms with Gasteiger partial charge in [-0.15, -0.1) is 0 Å². The number of benzene rings is 1. The molecular formula is C26H28FN3O5. The standard InChI is InChI=1S/C26H28FN3O5/c1-3-33-26(32)19-14-30(23-8-11-34-23)21-13-22(20(27)12-18(21)24(19)31)29-10-5-7-17(29)15-35-25-16(2)6-4-9-28-25/h4,6,9,12-14,17,23H,3,5,7-8,10-11,15H2,1-2H3/t17-,23?/m1/s1. The maximum atomic E-state index is 15.5. The molecule has 2 atom stereocenters. The number of pyridine rings is 2. The molecule has 1 aromatic carbocycles. The molecule has 0 spiro atoms. The van der Waals surface area contributed by atoms with Crippen molar-refractivity contribution in [1.82, 2.24) is 9.55 Å². The molecule has 3 aromatic rings. The van der Waals surface area contributed by atoms with E-state index in [1.165, 1.54) is 12.3 Å². The van der Waals surface area contributed by atoms with Gasteiger partial charge in [0.2, 0.25) is 11.3 Å². The van der Waals surface area contributed by atoms with Crippen molar-refractivity contribution in [3.63, 3.8) is 0 Å². The number of rotatable bonds is 7. The number of aromatic nitrogens is 2. The minimum Gasteiger partial charge on any atom is -0.475 e. The summed E-state index contributed by atoms with van der Waals surface area (Å²) in [6.07, 6.45) is 5.31. The van der Waals surface area contributed by atoms with Crippen molar-refractivity contribution in [3.05, 3.63) is 63.8 Å². The fourth-order valence-electron chi connectivity index (χ4n) is 4.74. The first-order chi connectivity index (χ1) is 17.0. The largest absolute Gasteiger partial charge is 0.475 e. The number of hydrogen-bond acceptors (Lipinski definition) is 7. The van der Waals surface area contributed by atoms with Crippen molar-refractivity contribution in [1.29, 1.82) is 0 Å². The van der Waals surface area contributed by atoms with Gasteiger partial charge in [0, 0.05) is 36.3 Å². The van der Waals surface area contributed by atoms with Crippen molar-refractivity contribution in [2.75, 3.05) is 31.3 Å². The highest BCUT2D eigenvalue weighted by Crippen LogP contribution is 2.34. The second-order valence-corrected chi connectivity index (χ2v) is 8.86. The lowest BCUT2D eigenvalue weighted by molar-refractivity contribution is -0.0972. The minimum absolute atomic E-state index is 0.0395. The Balaban J connectivity index is 1.52. The number of anilines is 1. The van der Waals surface area contributed by atoms with Crippen LogP contribution in [0.2, 0.25) is 0 Å².